The number of pyridine rings is 1. The molecule has 1 atom stereocenters. The van der Waals surface area contributed by atoms with Gasteiger partial charge in [0.25, 0.3) is 5.91 Å². The summed E-state index contributed by atoms with van der Waals surface area (Å²) >= 11 is 0. The number of nitrogens with one attached hydrogen (secondary N) is 2. The lowest BCUT2D eigenvalue weighted by atomic mass is 10.2. The van der Waals surface area contributed by atoms with Crippen molar-refractivity contribution in [3.63, 3.8) is 0 Å². The van der Waals surface area contributed by atoms with Gasteiger partial charge in [0.1, 0.15) is 11.7 Å². The Morgan fingerprint density at radius 3 is 3.16 bits per heavy atom. The Kier molecular flexibility index (Phi) is 4.07. The van der Waals surface area contributed by atoms with E-state index < -0.39 is 0 Å². The molecule has 0 aliphatic carbocycles. The predicted octanol–water partition coefficient (Wildman–Crippen LogP) is 2.29. The Hall–Kier alpha value is -2.93. The number of ether oxygens (including phenoxy) is 1. The van der Waals surface area contributed by atoms with Crippen LogP contribution in [0.1, 0.15) is 16.8 Å². The van der Waals surface area contributed by atoms with Crippen LogP contribution in [0.5, 0.6) is 5.88 Å². The van der Waals surface area contributed by atoms with E-state index in [1.54, 1.807) is 24.5 Å². The maximum atomic E-state index is 12.7. The second-order valence-corrected chi connectivity index (χ2v) is 6.27. The minimum Gasteiger partial charge on any atom is -0.472 e. The van der Waals surface area contributed by atoms with Gasteiger partial charge in [-0.1, -0.05) is 0 Å². The number of amides is 1. The molecule has 3 aromatic rings. The Morgan fingerprint density at radius 1 is 1.40 bits per heavy atom. The summed E-state index contributed by atoms with van der Waals surface area (Å²) < 4.78 is 5.96. The topological polar surface area (TPSA) is 83.1 Å². The molecule has 0 saturated carbocycles. The van der Waals surface area contributed by atoms with Gasteiger partial charge in [-0.3, -0.25) is 9.89 Å². The van der Waals surface area contributed by atoms with Crippen LogP contribution in [0.25, 0.3) is 10.9 Å². The van der Waals surface area contributed by atoms with E-state index >= 15 is 0 Å². The van der Waals surface area contributed by atoms with Gasteiger partial charge in [-0.05, 0) is 43.8 Å². The van der Waals surface area contributed by atoms with Gasteiger partial charge in [-0.25, -0.2) is 4.98 Å². The molecule has 1 fully saturated rings. The number of hydrogen-bond acceptors (Lipinski definition) is 5. The highest BCUT2D eigenvalue weighted by Crippen LogP contribution is 2.22. The monoisotopic (exact) mass is 337 g/mol. The Balaban J connectivity index is 1.53. The van der Waals surface area contributed by atoms with Crippen LogP contribution >= 0.6 is 0 Å². The van der Waals surface area contributed by atoms with Crippen molar-refractivity contribution in [1.82, 2.24) is 20.1 Å². The number of nitrogens with zero attached hydrogens (tertiary/aromatic N) is 3. The smallest absolute Gasteiger partial charge is 0.261 e. The van der Waals surface area contributed by atoms with Crippen LogP contribution in [0.3, 0.4) is 0 Å². The summed E-state index contributed by atoms with van der Waals surface area (Å²) in [5.41, 5.74) is 2.06. The molecule has 7 nitrogen and oxygen atoms in total. The maximum Gasteiger partial charge on any atom is 0.261 e. The zero-order valence-corrected chi connectivity index (χ0v) is 13.9. The van der Waals surface area contributed by atoms with E-state index in [-0.39, 0.29) is 12.0 Å². The molecule has 7 heteroatoms. The van der Waals surface area contributed by atoms with Crippen molar-refractivity contribution in [3.8, 4) is 5.88 Å². The van der Waals surface area contributed by atoms with Crippen LogP contribution < -0.4 is 10.1 Å². The quantitative estimate of drug-likeness (QED) is 0.763. The summed E-state index contributed by atoms with van der Waals surface area (Å²) in [4.78, 5) is 19.1. The minimum atomic E-state index is -0.239. The average molecular weight is 337 g/mol. The molecule has 2 aromatic heterocycles. The normalized spacial score (nSPS) is 17.7. The second kappa shape index (κ2) is 6.52. The zero-order chi connectivity index (χ0) is 17.2. The number of carbonyl (C=O) groups excluding carboxylic acids is 1. The number of aromatic nitrogens is 3. The third-order valence-electron chi connectivity index (χ3n) is 4.34. The van der Waals surface area contributed by atoms with E-state index in [0.29, 0.717) is 17.1 Å². The molecular formula is C18H19N5O2. The molecule has 4 rings (SSSR count). The van der Waals surface area contributed by atoms with Crippen LogP contribution in [0.2, 0.25) is 0 Å². The molecule has 2 N–H and O–H groups in total. The summed E-state index contributed by atoms with van der Waals surface area (Å²) in [6, 6.07) is 9.06. The molecule has 0 radical (unpaired) electrons. The van der Waals surface area contributed by atoms with Gasteiger partial charge < -0.3 is 15.0 Å². The van der Waals surface area contributed by atoms with E-state index in [2.05, 4.69) is 32.4 Å². The lowest BCUT2D eigenvalue weighted by Gasteiger charge is -2.15. The maximum absolute atomic E-state index is 12.7. The largest absolute Gasteiger partial charge is 0.472 e. The number of carbonyl (C=O) groups is 1. The molecular weight excluding hydrogens is 318 g/mol. The van der Waals surface area contributed by atoms with Gasteiger partial charge in [-0.15, -0.1) is 0 Å². The fourth-order valence-corrected chi connectivity index (χ4v) is 3.03. The van der Waals surface area contributed by atoms with Crippen LogP contribution in [0.4, 0.5) is 5.69 Å². The van der Waals surface area contributed by atoms with Crippen molar-refractivity contribution in [2.24, 2.45) is 0 Å². The highest BCUT2D eigenvalue weighted by atomic mass is 16.5. The van der Waals surface area contributed by atoms with Crippen molar-refractivity contribution >= 4 is 22.5 Å². The lowest BCUT2D eigenvalue weighted by Crippen LogP contribution is -2.23. The first kappa shape index (κ1) is 15.6. The number of benzene rings is 1. The summed E-state index contributed by atoms with van der Waals surface area (Å²) in [7, 11) is 2.06. The van der Waals surface area contributed by atoms with E-state index in [1.165, 1.54) is 0 Å². The molecule has 1 aromatic carbocycles. The number of hydrogen-bond donors (Lipinski definition) is 2. The molecule has 1 aliphatic heterocycles. The van der Waals surface area contributed by atoms with Gasteiger partial charge >= 0.3 is 0 Å². The Morgan fingerprint density at radius 2 is 2.32 bits per heavy atom. The summed E-state index contributed by atoms with van der Waals surface area (Å²) in [6.07, 6.45) is 4.36. The molecule has 0 spiro atoms. The number of H-pyrrole nitrogens is 1. The third-order valence-corrected chi connectivity index (χ3v) is 4.34. The molecule has 128 valence electrons. The van der Waals surface area contributed by atoms with E-state index in [0.717, 1.165) is 30.4 Å². The second-order valence-electron chi connectivity index (χ2n) is 6.27. The van der Waals surface area contributed by atoms with Gasteiger partial charge in [-0.2, -0.15) is 5.10 Å². The number of likely N-dealkylation sites (N-methyl/N-ethyl adjacent to an activating group) is 1. The lowest BCUT2D eigenvalue weighted by molar-refractivity contribution is 0.101. The average Bonchev–Trinajstić information content (AvgIpc) is 3.23. The molecule has 1 amide bonds. The number of rotatable bonds is 4. The fourth-order valence-electron chi connectivity index (χ4n) is 3.03. The van der Waals surface area contributed by atoms with Crippen molar-refractivity contribution in [2.75, 3.05) is 25.5 Å². The first-order chi connectivity index (χ1) is 12.2. The van der Waals surface area contributed by atoms with Crippen molar-refractivity contribution in [3.05, 3.63) is 48.3 Å². The number of likely N-dealkylation sites (tertiary alicyclic amines) is 1. The van der Waals surface area contributed by atoms with Gasteiger partial charge in [0.05, 0.1) is 11.7 Å². The van der Waals surface area contributed by atoms with E-state index in [1.807, 2.05) is 18.2 Å². The fraction of sp³-hybridized carbons (Fsp3) is 0.278. The highest BCUT2D eigenvalue weighted by molar-refractivity contribution is 6.06. The van der Waals surface area contributed by atoms with Crippen molar-refractivity contribution in [2.45, 2.75) is 12.5 Å². The zero-order valence-electron chi connectivity index (χ0n) is 13.9. The van der Waals surface area contributed by atoms with Crippen molar-refractivity contribution < 1.29 is 9.53 Å². The SMILES string of the molecule is CN1CC[C@H](Oc2ncccc2C(=O)Nc2ccc3[nH]ncc3c2)C1. The first-order valence-corrected chi connectivity index (χ1v) is 8.24. The van der Waals surface area contributed by atoms with Crippen LogP contribution in [0, 0.1) is 0 Å². The predicted molar refractivity (Wildman–Crippen MR) is 94.8 cm³/mol. The molecule has 0 unspecified atom stereocenters. The molecule has 25 heavy (non-hydrogen) atoms. The molecule has 1 aliphatic rings. The van der Waals surface area contributed by atoms with Crippen LogP contribution in [-0.2, 0) is 0 Å². The Bertz CT molecular complexity index is 907. The highest BCUT2D eigenvalue weighted by Gasteiger charge is 2.24. The summed E-state index contributed by atoms with van der Waals surface area (Å²) in [5, 5.41) is 10.7. The Labute approximate surface area is 145 Å². The van der Waals surface area contributed by atoms with E-state index in [4.69, 9.17) is 4.74 Å². The van der Waals surface area contributed by atoms with E-state index in [9.17, 15) is 4.79 Å². The minimum absolute atomic E-state index is 0.0636. The number of aromatic amines is 1. The molecule has 1 saturated heterocycles. The standard InChI is InChI=1S/C18H19N5O2/c1-23-8-6-14(11-23)25-18-15(3-2-7-19-18)17(24)21-13-4-5-16-12(9-13)10-20-22-16/h2-5,7,9-10,14H,6,8,11H2,1H3,(H,20,22)(H,21,24)/t14-/m0/s1. The summed E-state index contributed by atoms with van der Waals surface area (Å²) in [5.74, 6) is 0.141. The van der Waals surface area contributed by atoms with Crippen molar-refractivity contribution in [1.29, 1.82) is 0 Å². The molecule has 0 bridgehead atoms. The van der Waals surface area contributed by atoms with Crippen LogP contribution in [-0.4, -0.2) is 52.2 Å². The third kappa shape index (κ3) is 3.32. The number of fused-ring (bicyclic) bond motifs is 1. The summed E-state index contributed by atoms with van der Waals surface area (Å²) in [6.45, 7) is 1.83. The van der Waals surface area contributed by atoms with Crippen LogP contribution in [0.15, 0.2) is 42.7 Å². The van der Waals surface area contributed by atoms with Gasteiger partial charge in [0, 0.05) is 30.4 Å². The van der Waals surface area contributed by atoms with Gasteiger partial charge in [0.15, 0.2) is 0 Å². The first-order valence-electron chi connectivity index (χ1n) is 8.24. The molecule has 3 heterocycles. The number of anilines is 1. The van der Waals surface area contributed by atoms with Gasteiger partial charge in [0.2, 0.25) is 5.88 Å².